The highest BCUT2D eigenvalue weighted by Gasteiger charge is 2.68. The Kier molecular flexibility index (Phi) is 4.88. The van der Waals surface area contributed by atoms with Crippen LogP contribution in [0.4, 0.5) is 0 Å². The Morgan fingerprint density at radius 1 is 1.27 bits per heavy atom. The Labute approximate surface area is 175 Å². The monoisotopic (exact) mass is 418 g/mol. The minimum absolute atomic E-state index is 0.0868. The molecule has 0 aromatic carbocycles. The van der Waals surface area contributed by atoms with E-state index in [1.165, 1.54) is 19.1 Å². The molecule has 0 aromatic heterocycles. The van der Waals surface area contributed by atoms with Gasteiger partial charge in [-0.2, -0.15) is 0 Å². The van der Waals surface area contributed by atoms with Crippen molar-refractivity contribution < 1.29 is 34.4 Å². The Balaban J connectivity index is 1.70. The van der Waals surface area contributed by atoms with Crippen molar-refractivity contribution in [2.24, 2.45) is 28.6 Å². The molecule has 4 aliphatic rings. The van der Waals surface area contributed by atoms with Crippen molar-refractivity contribution in [2.75, 3.05) is 6.61 Å². The molecule has 0 aliphatic heterocycles. The van der Waals surface area contributed by atoms with Crippen LogP contribution in [-0.2, 0) is 19.1 Å². The maximum absolute atomic E-state index is 12.9. The van der Waals surface area contributed by atoms with Gasteiger partial charge in [-0.1, -0.05) is 19.9 Å². The second kappa shape index (κ2) is 6.84. The van der Waals surface area contributed by atoms with Crippen molar-refractivity contribution in [3.63, 3.8) is 0 Å². The van der Waals surface area contributed by atoms with E-state index in [2.05, 4.69) is 0 Å². The Morgan fingerprint density at radius 2 is 1.97 bits per heavy atom. The minimum atomic E-state index is -1.70. The third kappa shape index (κ3) is 2.78. The molecule has 3 N–H and O–H groups in total. The smallest absolute Gasteiger partial charge is 0.303 e. The van der Waals surface area contributed by atoms with Crippen LogP contribution in [0.1, 0.15) is 46.5 Å². The van der Waals surface area contributed by atoms with Crippen molar-refractivity contribution in [3.8, 4) is 0 Å². The van der Waals surface area contributed by atoms with E-state index >= 15 is 0 Å². The lowest BCUT2D eigenvalue weighted by molar-refractivity contribution is -0.184. The first kappa shape index (κ1) is 21.4. The highest BCUT2D eigenvalue weighted by molar-refractivity contribution is 6.01. The average molecular weight is 418 g/mol. The van der Waals surface area contributed by atoms with Gasteiger partial charge in [0, 0.05) is 23.7 Å². The number of allylic oxidation sites excluding steroid dienone is 3. The van der Waals surface area contributed by atoms with Gasteiger partial charge in [-0.15, -0.1) is 0 Å². The normalized spacial score (nSPS) is 47.1. The number of Topliss-reactive ketones (excluding diaryl/α,β-unsaturated/α-hetero) is 1. The third-order valence-electron chi connectivity index (χ3n) is 8.53. The number of hydrogen-bond acceptors (Lipinski definition) is 7. The standard InChI is InChI=1S/C23H30O7/c1-12(24)30-11-19(28)23(29)7-5-15-14-9-17(26)16-8-13(25)4-6-21(16,2)20(14)18(27)10-22(15,23)3/h4,6,8,14-15,17-18,20,26-27,29H,5,7,9-11H2,1-3H3. The van der Waals surface area contributed by atoms with Gasteiger partial charge in [-0.25, -0.2) is 0 Å². The van der Waals surface area contributed by atoms with Gasteiger partial charge in [0.1, 0.15) is 5.60 Å². The molecule has 0 saturated heterocycles. The molecule has 0 radical (unpaired) electrons. The van der Waals surface area contributed by atoms with Gasteiger partial charge in [0.2, 0.25) is 5.78 Å². The zero-order valence-corrected chi connectivity index (χ0v) is 17.6. The first-order valence-corrected chi connectivity index (χ1v) is 10.6. The average Bonchev–Trinajstić information content (AvgIpc) is 2.93. The molecule has 3 fully saturated rings. The van der Waals surface area contributed by atoms with Crippen LogP contribution < -0.4 is 0 Å². The zero-order chi connectivity index (χ0) is 22.1. The summed E-state index contributed by atoms with van der Waals surface area (Å²) in [5, 5.41) is 33.6. The number of fused-ring (bicyclic) bond motifs is 5. The molecule has 0 spiro atoms. The fourth-order valence-electron chi connectivity index (χ4n) is 7.13. The maximum Gasteiger partial charge on any atom is 0.303 e. The quantitative estimate of drug-likeness (QED) is 0.587. The van der Waals surface area contributed by atoms with Gasteiger partial charge >= 0.3 is 5.97 Å². The molecule has 7 nitrogen and oxygen atoms in total. The molecule has 8 atom stereocenters. The van der Waals surface area contributed by atoms with Crippen LogP contribution in [0.2, 0.25) is 0 Å². The van der Waals surface area contributed by atoms with Gasteiger partial charge in [-0.05, 0) is 55.2 Å². The van der Waals surface area contributed by atoms with Crippen LogP contribution in [0.25, 0.3) is 0 Å². The summed E-state index contributed by atoms with van der Waals surface area (Å²) in [7, 11) is 0. The first-order chi connectivity index (χ1) is 13.9. The Hall–Kier alpha value is -1.83. The Morgan fingerprint density at radius 3 is 2.63 bits per heavy atom. The summed E-state index contributed by atoms with van der Waals surface area (Å²) in [6, 6.07) is 0. The van der Waals surface area contributed by atoms with E-state index in [0.29, 0.717) is 18.4 Å². The van der Waals surface area contributed by atoms with E-state index < -0.39 is 47.0 Å². The molecule has 0 aromatic rings. The number of esters is 1. The molecule has 0 bridgehead atoms. The summed E-state index contributed by atoms with van der Waals surface area (Å²) >= 11 is 0. The Bertz CT molecular complexity index is 860. The molecule has 0 amide bonds. The van der Waals surface area contributed by atoms with Gasteiger partial charge in [-0.3, -0.25) is 14.4 Å². The van der Waals surface area contributed by atoms with Crippen LogP contribution in [0, 0.1) is 28.6 Å². The molecule has 0 heterocycles. The second-order valence-corrected chi connectivity index (χ2v) is 9.96. The summed E-state index contributed by atoms with van der Waals surface area (Å²) in [5.41, 5.74) is -2.60. The van der Waals surface area contributed by atoms with Crippen LogP contribution in [0.15, 0.2) is 23.8 Å². The van der Waals surface area contributed by atoms with E-state index in [0.717, 1.165) is 0 Å². The number of rotatable bonds is 3. The predicted octanol–water partition coefficient (Wildman–Crippen LogP) is 1.10. The number of carbonyl (C=O) groups is 3. The molecule has 4 rings (SSSR count). The SMILES string of the molecule is CC(=O)OCC(=O)C1(O)CCC2C3CC(O)C4=CC(=O)C=CC4(C)C3C(O)CC21C. The fraction of sp³-hybridized carbons (Fsp3) is 0.696. The highest BCUT2D eigenvalue weighted by atomic mass is 16.5. The van der Waals surface area contributed by atoms with E-state index in [1.807, 2.05) is 13.8 Å². The molecule has 8 unspecified atom stereocenters. The summed E-state index contributed by atoms with van der Waals surface area (Å²) in [5.74, 6) is -1.72. The lowest BCUT2D eigenvalue weighted by Crippen LogP contribution is -2.63. The summed E-state index contributed by atoms with van der Waals surface area (Å²) in [6.07, 6.45) is 4.54. The lowest BCUT2D eigenvalue weighted by Gasteiger charge is -2.60. The van der Waals surface area contributed by atoms with E-state index in [1.54, 1.807) is 6.08 Å². The second-order valence-electron chi connectivity index (χ2n) is 9.96. The van der Waals surface area contributed by atoms with E-state index in [-0.39, 0.29) is 36.4 Å². The number of ketones is 2. The number of aliphatic hydroxyl groups is 3. The minimum Gasteiger partial charge on any atom is -0.458 e. The molecule has 164 valence electrons. The number of ether oxygens (including phenoxy) is 1. The summed E-state index contributed by atoms with van der Waals surface area (Å²) < 4.78 is 4.85. The largest absolute Gasteiger partial charge is 0.458 e. The maximum atomic E-state index is 12.9. The number of carbonyl (C=O) groups excluding carboxylic acids is 3. The third-order valence-corrected chi connectivity index (χ3v) is 8.53. The zero-order valence-electron chi connectivity index (χ0n) is 17.6. The van der Waals surface area contributed by atoms with Crippen molar-refractivity contribution in [2.45, 2.75) is 64.3 Å². The van der Waals surface area contributed by atoms with Gasteiger partial charge in [0.05, 0.1) is 12.2 Å². The van der Waals surface area contributed by atoms with Crippen molar-refractivity contribution in [1.82, 2.24) is 0 Å². The number of hydrogen-bond donors (Lipinski definition) is 3. The van der Waals surface area contributed by atoms with Crippen molar-refractivity contribution in [1.29, 1.82) is 0 Å². The van der Waals surface area contributed by atoms with Crippen molar-refractivity contribution in [3.05, 3.63) is 23.8 Å². The van der Waals surface area contributed by atoms with Crippen LogP contribution in [-0.4, -0.2) is 57.3 Å². The topological polar surface area (TPSA) is 121 Å². The highest BCUT2D eigenvalue weighted by Crippen LogP contribution is 2.67. The lowest BCUT2D eigenvalue weighted by atomic mass is 9.45. The van der Waals surface area contributed by atoms with Gasteiger partial charge in [0.15, 0.2) is 12.4 Å². The molecule has 7 heteroatoms. The van der Waals surface area contributed by atoms with Gasteiger partial charge in [0.25, 0.3) is 0 Å². The van der Waals surface area contributed by atoms with Crippen molar-refractivity contribution >= 4 is 17.5 Å². The van der Waals surface area contributed by atoms with Crippen LogP contribution in [0.5, 0.6) is 0 Å². The fourth-order valence-corrected chi connectivity index (χ4v) is 7.13. The summed E-state index contributed by atoms with van der Waals surface area (Å²) in [4.78, 5) is 35.9. The van der Waals surface area contributed by atoms with E-state index in [4.69, 9.17) is 4.74 Å². The first-order valence-electron chi connectivity index (χ1n) is 10.6. The predicted molar refractivity (Wildman–Crippen MR) is 106 cm³/mol. The van der Waals surface area contributed by atoms with Crippen LogP contribution >= 0.6 is 0 Å². The van der Waals surface area contributed by atoms with Crippen LogP contribution in [0.3, 0.4) is 0 Å². The van der Waals surface area contributed by atoms with E-state index in [9.17, 15) is 29.7 Å². The molecule has 4 aliphatic carbocycles. The molecule has 30 heavy (non-hydrogen) atoms. The summed E-state index contributed by atoms with van der Waals surface area (Å²) in [6.45, 7) is 4.50. The molecular weight excluding hydrogens is 388 g/mol. The molecular formula is C23H30O7. The molecule has 3 saturated carbocycles. The number of aliphatic hydroxyl groups excluding tert-OH is 2. The van der Waals surface area contributed by atoms with Gasteiger partial charge < -0.3 is 20.1 Å².